The molecule has 1 aliphatic heterocycles. The Hall–Kier alpha value is -3.29. The van der Waals surface area contributed by atoms with E-state index in [1.165, 1.54) is 4.40 Å². The maximum atomic E-state index is 12.9. The molecule has 27 heavy (non-hydrogen) atoms. The summed E-state index contributed by atoms with van der Waals surface area (Å²) in [5, 5.41) is 0.314. The Morgan fingerprint density at radius 2 is 1.85 bits per heavy atom. The van der Waals surface area contributed by atoms with E-state index < -0.39 is 5.56 Å². The van der Waals surface area contributed by atoms with Gasteiger partial charge >= 0.3 is 0 Å². The minimum Gasteiger partial charge on any atom is -0.497 e. The predicted octanol–water partition coefficient (Wildman–Crippen LogP) is 0.512. The van der Waals surface area contributed by atoms with Crippen molar-refractivity contribution in [3.8, 4) is 5.75 Å². The average molecular weight is 367 g/mol. The smallest absolute Gasteiger partial charge is 0.300 e. The lowest BCUT2D eigenvalue weighted by Gasteiger charge is -2.28. The molecule has 1 aromatic carbocycles. The number of nitrogens with two attached hydrogens (primary N) is 1. The fraction of sp³-hybridized carbons (Fsp3) is 0.316. The van der Waals surface area contributed by atoms with E-state index in [4.69, 9.17) is 10.5 Å². The van der Waals surface area contributed by atoms with Crippen molar-refractivity contribution in [2.45, 2.75) is 19.3 Å². The monoisotopic (exact) mass is 367 g/mol. The van der Waals surface area contributed by atoms with Gasteiger partial charge in [-0.25, -0.2) is 4.40 Å². The number of ether oxygens (including phenoxy) is 1. The maximum Gasteiger partial charge on any atom is 0.300 e. The van der Waals surface area contributed by atoms with Crippen LogP contribution in [0, 0.1) is 0 Å². The summed E-state index contributed by atoms with van der Waals surface area (Å²) in [4.78, 5) is 34.3. The number of nitrogens with zero attached hydrogens (tertiary/aromatic N) is 3. The van der Waals surface area contributed by atoms with E-state index in [1.807, 2.05) is 29.2 Å². The Morgan fingerprint density at radius 3 is 2.52 bits per heavy atom. The maximum absolute atomic E-state index is 12.9. The Morgan fingerprint density at radius 1 is 1.15 bits per heavy atom. The number of aromatic nitrogens is 3. The molecule has 4 rings (SSSR count). The first-order chi connectivity index (χ1) is 13.1. The molecule has 0 atom stereocenters. The topological polar surface area (TPSA) is 106 Å². The van der Waals surface area contributed by atoms with Crippen LogP contribution in [0.3, 0.4) is 0 Å². The summed E-state index contributed by atoms with van der Waals surface area (Å²) in [7, 11) is 1.59. The highest BCUT2D eigenvalue weighted by molar-refractivity contribution is 5.66. The van der Waals surface area contributed by atoms with Crippen LogP contribution in [0.2, 0.25) is 0 Å². The standard InChI is InChI=1S/C19H21N5O3/c1-27-13-7-5-12(6-8-13)11-14-18(26)24-16(20)15(17(25)22-19(24)21-14)23-9-3-2-4-10-23/h5-8,11H,2-4,9-10,20H2,1H3,(H,21,22,25)/b14-11+. The number of piperidine rings is 1. The Kier molecular flexibility index (Phi) is 4.31. The largest absolute Gasteiger partial charge is 0.497 e. The Balaban J connectivity index is 1.86. The zero-order chi connectivity index (χ0) is 19.0. The number of nitrogen functional groups attached to an aromatic ring is 1. The summed E-state index contributed by atoms with van der Waals surface area (Å²) in [5.74, 6) is 1.03. The molecule has 140 valence electrons. The number of hydrogen-bond acceptors (Lipinski definition) is 6. The zero-order valence-corrected chi connectivity index (χ0v) is 15.1. The third-order valence-electron chi connectivity index (χ3n) is 4.88. The number of rotatable bonds is 3. The van der Waals surface area contributed by atoms with E-state index in [-0.39, 0.29) is 17.2 Å². The van der Waals surface area contributed by atoms with E-state index in [0.29, 0.717) is 11.0 Å². The van der Waals surface area contributed by atoms with E-state index in [9.17, 15) is 9.59 Å². The lowest BCUT2D eigenvalue weighted by atomic mass is 10.1. The molecule has 0 radical (unpaired) electrons. The molecular formula is C19H21N5O3. The average Bonchev–Trinajstić information content (AvgIpc) is 2.98. The van der Waals surface area contributed by atoms with Crippen LogP contribution in [0.25, 0.3) is 11.9 Å². The van der Waals surface area contributed by atoms with Gasteiger partial charge in [-0.05, 0) is 43.0 Å². The molecule has 0 amide bonds. The molecule has 0 aliphatic carbocycles. The summed E-state index contributed by atoms with van der Waals surface area (Å²) in [5.41, 5.74) is 6.62. The fourth-order valence-corrected chi connectivity index (χ4v) is 3.49. The van der Waals surface area contributed by atoms with Crippen LogP contribution in [0.4, 0.5) is 11.5 Å². The van der Waals surface area contributed by atoms with Gasteiger partial charge in [-0.15, -0.1) is 0 Å². The van der Waals surface area contributed by atoms with Crippen LogP contribution in [0.15, 0.2) is 33.9 Å². The van der Waals surface area contributed by atoms with E-state index in [0.717, 1.165) is 43.7 Å². The van der Waals surface area contributed by atoms with Crippen molar-refractivity contribution >= 4 is 23.4 Å². The highest BCUT2D eigenvalue weighted by Crippen LogP contribution is 2.21. The van der Waals surface area contributed by atoms with Crippen molar-refractivity contribution in [3.63, 3.8) is 0 Å². The minimum atomic E-state index is -0.411. The lowest BCUT2D eigenvalue weighted by molar-refractivity contribution is 0.415. The second-order valence-corrected chi connectivity index (χ2v) is 6.62. The highest BCUT2D eigenvalue weighted by atomic mass is 16.5. The third-order valence-corrected chi connectivity index (χ3v) is 4.88. The number of benzene rings is 1. The van der Waals surface area contributed by atoms with Gasteiger partial charge in [-0.1, -0.05) is 12.1 Å². The molecule has 8 nitrogen and oxygen atoms in total. The van der Waals surface area contributed by atoms with Gasteiger partial charge in [0.2, 0.25) is 5.78 Å². The molecule has 0 saturated carbocycles. The van der Waals surface area contributed by atoms with Crippen LogP contribution in [0.5, 0.6) is 5.75 Å². The molecule has 0 unspecified atom stereocenters. The highest BCUT2D eigenvalue weighted by Gasteiger charge is 2.21. The normalized spacial score (nSPS) is 15.4. The molecule has 1 fully saturated rings. The van der Waals surface area contributed by atoms with Crippen molar-refractivity contribution < 1.29 is 4.74 Å². The number of anilines is 2. The van der Waals surface area contributed by atoms with E-state index in [1.54, 1.807) is 13.2 Å². The SMILES string of the molecule is COc1ccc(/C=c2/[nH]c3nc(=O)c(N4CCCCC4)c(N)n3c2=O)cc1. The van der Waals surface area contributed by atoms with Gasteiger partial charge in [0.15, 0.2) is 0 Å². The molecule has 1 aliphatic rings. The molecule has 0 spiro atoms. The summed E-state index contributed by atoms with van der Waals surface area (Å²) in [6.45, 7) is 1.49. The van der Waals surface area contributed by atoms with Crippen molar-refractivity contribution in [2.24, 2.45) is 0 Å². The summed E-state index contributed by atoms with van der Waals surface area (Å²) in [6.07, 6.45) is 4.82. The van der Waals surface area contributed by atoms with Gasteiger partial charge in [-0.2, -0.15) is 4.98 Å². The van der Waals surface area contributed by atoms with E-state index in [2.05, 4.69) is 9.97 Å². The van der Waals surface area contributed by atoms with Gasteiger partial charge in [0.05, 0.1) is 7.11 Å². The summed E-state index contributed by atoms with van der Waals surface area (Å²) < 4.78 is 6.42. The molecule has 0 bridgehead atoms. The number of nitrogens with one attached hydrogen (secondary N) is 1. The second-order valence-electron chi connectivity index (χ2n) is 6.62. The van der Waals surface area contributed by atoms with E-state index >= 15 is 0 Å². The van der Waals surface area contributed by atoms with Gasteiger partial charge in [0, 0.05) is 13.1 Å². The third kappa shape index (κ3) is 3.03. The van der Waals surface area contributed by atoms with Crippen LogP contribution < -0.4 is 31.8 Å². The van der Waals surface area contributed by atoms with Gasteiger partial charge < -0.3 is 20.4 Å². The van der Waals surface area contributed by atoms with Crippen molar-refractivity contribution in [2.75, 3.05) is 30.8 Å². The van der Waals surface area contributed by atoms with Crippen molar-refractivity contribution in [1.82, 2.24) is 14.4 Å². The van der Waals surface area contributed by atoms with Gasteiger partial charge in [0.25, 0.3) is 11.1 Å². The van der Waals surface area contributed by atoms with Crippen LogP contribution in [-0.4, -0.2) is 34.6 Å². The lowest BCUT2D eigenvalue weighted by Crippen LogP contribution is -2.36. The zero-order valence-electron chi connectivity index (χ0n) is 15.1. The molecule has 8 heteroatoms. The van der Waals surface area contributed by atoms with Crippen molar-refractivity contribution in [1.29, 1.82) is 0 Å². The first-order valence-electron chi connectivity index (χ1n) is 8.93. The fourth-order valence-electron chi connectivity index (χ4n) is 3.49. The van der Waals surface area contributed by atoms with Crippen molar-refractivity contribution in [3.05, 3.63) is 55.9 Å². The number of fused-ring (bicyclic) bond motifs is 1. The number of imidazole rings is 1. The molecule has 3 aromatic rings. The molecule has 2 aromatic heterocycles. The minimum absolute atomic E-state index is 0.141. The van der Waals surface area contributed by atoms with Crippen LogP contribution in [0.1, 0.15) is 24.8 Å². The van der Waals surface area contributed by atoms with Crippen LogP contribution in [-0.2, 0) is 0 Å². The predicted molar refractivity (Wildman–Crippen MR) is 104 cm³/mol. The number of methoxy groups -OCH3 is 1. The summed E-state index contributed by atoms with van der Waals surface area (Å²) in [6, 6.07) is 7.29. The quantitative estimate of drug-likeness (QED) is 0.699. The molecule has 3 N–H and O–H groups in total. The second kappa shape index (κ2) is 6.79. The van der Waals surface area contributed by atoms with Crippen LogP contribution >= 0.6 is 0 Å². The molecule has 3 heterocycles. The first-order valence-corrected chi connectivity index (χ1v) is 8.93. The molecular weight excluding hydrogens is 346 g/mol. The van der Waals surface area contributed by atoms with Gasteiger partial charge in [-0.3, -0.25) is 9.59 Å². The first kappa shape index (κ1) is 17.1. The number of H-pyrrole nitrogens is 1. The number of aromatic amines is 1. The molecule has 1 saturated heterocycles. The Labute approximate surface area is 154 Å². The number of hydrogen-bond donors (Lipinski definition) is 2. The van der Waals surface area contributed by atoms with Gasteiger partial charge in [0.1, 0.15) is 22.6 Å². The Bertz CT molecular complexity index is 1140. The summed E-state index contributed by atoms with van der Waals surface area (Å²) >= 11 is 0.